The minimum atomic E-state index is -3.58. The molecule has 0 saturated heterocycles. The van der Waals surface area contributed by atoms with E-state index < -0.39 is 10.0 Å². The third-order valence-electron chi connectivity index (χ3n) is 4.20. The number of aryl methyl sites for hydroxylation is 2. The van der Waals surface area contributed by atoms with Gasteiger partial charge in [0.15, 0.2) is 0 Å². The summed E-state index contributed by atoms with van der Waals surface area (Å²) in [5, 5.41) is 2.75. The molecule has 1 atom stereocenters. The molecular formula is C16H26ClN3O3S. The first-order valence-electron chi connectivity index (χ1n) is 7.89. The SMILES string of the molecule is Cc1ccc(S(=O)(=O)NCCC(=O)NCC(N)C2CC2)cc1C.Cl. The molecule has 0 radical (unpaired) electrons. The van der Waals surface area contributed by atoms with Crippen molar-refractivity contribution in [3.63, 3.8) is 0 Å². The van der Waals surface area contributed by atoms with E-state index in [0.717, 1.165) is 24.0 Å². The van der Waals surface area contributed by atoms with E-state index in [1.54, 1.807) is 18.2 Å². The minimum absolute atomic E-state index is 0. The smallest absolute Gasteiger partial charge is 0.240 e. The van der Waals surface area contributed by atoms with Crippen molar-refractivity contribution in [3.05, 3.63) is 29.3 Å². The molecule has 0 spiro atoms. The summed E-state index contributed by atoms with van der Waals surface area (Å²) in [6.45, 7) is 4.31. The highest BCUT2D eigenvalue weighted by Crippen LogP contribution is 2.31. The fraction of sp³-hybridized carbons (Fsp3) is 0.562. The van der Waals surface area contributed by atoms with Gasteiger partial charge in [0.1, 0.15) is 0 Å². The van der Waals surface area contributed by atoms with E-state index in [-0.39, 0.29) is 42.2 Å². The number of benzene rings is 1. The molecule has 1 aliphatic carbocycles. The van der Waals surface area contributed by atoms with Crippen molar-refractivity contribution in [1.82, 2.24) is 10.0 Å². The third-order valence-corrected chi connectivity index (χ3v) is 5.65. The van der Waals surface area contributed by atoms with Crippen molar-refractivity contribution in [1.29, 1.82) is 0 Å². The molecule has 0 aliphatic heterocycles. The Morgan fingerprint density at radius 1 is 1.29 bits per heavy atom. The Balaban J connectivity index is 0.00000288. The molecule has 1 unspecified atom stereocenters. The van der Waals surface area contributed by atoms with Gasteiger partial charge in [-0.2, -0.15) is 0 Å². The van der Waals surface area contributed by atoms with Gasteiger partial charge in [-0.1, -0.05) is 6.07 Å². The topological polar surface area (TPSA) is 101 Å². The van der Waals surface area contributed by atoms with Crippen LogP contribution >= 0.6 is 12.4 Å². The Kier molecular flexibility index (Phi) is 7.66. The average molecular weight is 376 g/mol. The van der Waals surface area contributed by atoms with E-state index in [9.17, 15) is 13.2 Å². The van der Waals surface area contributed by atoms with Gasteiger partial charge < -0.3 is 11.1 Å². The minimum Gasteiger partial charge on any atom is -0.354 e. The fourth-order valence-electron chi connectivity index (χ4n) is 2.27. The normalized spacial score (nSPS) is 15.5. The molecule has 1 aromatic carbocycles. The maximum Gasteiger partial charge on any atom is 0.240 e. The summed E-state index contributed by atoms with van der Waals surface area (Å²) in [6.07, 6.45) is 2.36. The quantitative estimate of drug-likeness (QED) is 0.636. The van der Waals surface area contributed by atoms with E-state index in [0.29, 0.717) is 12.5 Å². The zero-order valence-corrected chi connectivity index (χ0v) is 15.7. The highest BCUT2D eigenvalue weighted by molar-refractivity contribution is 7.89. The number of sulfonamides is 1. The molecule has 1 aliphatic rings. The van der Waals surface area contributed by atoms with Crippen LogP contribution in [0.25, 0.3) is 0 Å². The monoisotopic (exact) mass is 375 g/mol. The molecule has 8 heteroatoms. The van der Waals surface area contributed by atoms with Crippen LogP contribution in [-0.4, -0.2) is 33.5 Å². The molecule has 0 bridgehead atoms. The molecule has 2 rings (SSSR count). The second-order valence-electron chi connectivity index (χ2n) is 6.20. The van der Waals surface area contributed by atoms with Gasteiger partial charge in [-0.25, -0.2) is 13.1 Å². The van der Waals surface area contributed by atoms with Crippen LogP contribution in [0.2, 0.25) is 0 Å². The maximum absolute atomic E-state index is 12.2. The molecule has 1 fully saturated rings. The number of carbonyl (C=O) groups excluding carboxylic acids is 1. The van der Waals surface area contributed by atoms with Gasteiger partial charge in [0.05, 0.1) is 4.90 Å². The van der Waals surface area contributed by atoms with Crippen LogP contribution in [0.15, 0.2) is 23.1 Å². The van der Waals surface area contributed by atoms with Crippen molar-refractivity contribution < 1.29 is 13.2 Å². The first kappa shape index (κ1) is 20.9. The second kappa shape index (κ2) is 8.80. The van der Waals surface area contributed by atoms with Gasteiger partial charge in [-0.05, 0) is 55.9 Å². The summed E-state index contributed by atoms with van der Waals surface area (Å²) in [7, 11) is -3.58. The summed E-state index contributed by atoms with van der Waals surface area (Å²) in [4.78, 5) is 11.9. The maximum atomic E-state index is 12.2. The lowest BCUT2D eigenvalue weighted by atomic mass is 10.1. The molecule has 136 valence electrons. The Morgan fingerprint density at radius 2 is 1.96 bits per heavy atom. The summed E-state index contributed by atoms with van der Waals surface area (Å²) in [6, 6.07) is 4.98. The lowest BCUT2D eigenvalue weighted by Gasteiger charge is -2.12. The highest BCUT2D eigenvalue weighted by atomic mass is 35.5. The molecule has 0 aromatic heterocycles. The van der Waals surface area contributed by atoms with Crippen LogP contribution in [0.1, 0.15) is 30.4 Å². The van der Waals surface area contributed by atoms with Crippen LogP contribution in [0, 0.1) is 19.8 Å². The van der Waals surface area contributed by atoms with Crippen LogP contribution in [0.3, 0.4) is 0 Å². The molecule has 1 aromatic rings. The number of halogens is 1. The van der Waals surface area contributed by atoms with Crippen molar-refractivity contribution in [2.24, 2.45) is 11.7 Å². The number of hydrogen-bond acceptors (Lipinski definition) is 4. The zero-order chi connectivity index (χ0) is 17.0. The van der Waals surface area contributed by atoms with Gasteiger partial charge in [-0.3, -0.25) is 4.79 Å². The molecular weight excluding hydrogens is 350 g/mol. The van der Waals surface area contributed by atoms with E-state index in [1.165, 1.54) is 0 Å². The summed E-state index contributed by atoms with van der Waals surface area (Å²) >= 11 is 0. The third kappa shape index (κ3) is 6.05. The number of rotatable bonds is 8. The summed E-state index contributed by atoms with van der Waals surface area (Å²) < 4.78 is 26.8. The van der Waals surface area contributed by atoms with Crippen LogP contribution in [0.4, 0.5) is 0 Å². The average Bonchev–Trinajstić information content (AvgIpc) is 3.32. The lowest BCUT2D eigenvalue weighted by molar-refractivity contribution is -0.121. The van der Waals surface area contributed by atoms with Gasteiger partial charge in [-0.15, -0.1) is 12.4 Å². The number of hydrogen-bond donors (Lipinski definition) is 3. The largest absolute Gasteiger partial charge is 0.354 e. The lowest BCUT2D eigenvalue weighted by Crippen LogP contribution is -2.39. The predicted molar refractivity (Wildman–Crippen MR) is 96.7 cm³/mol. The number of nitrogens with one attached hydrogen (secondary N) is 2. The van der Waals surface area contributed by atoms with Gasteiger partial charge >= 0.3 is 0 Å². The van der Waals surface area contributed by atoms with Gasteiger partial charge in [0.25, 0.3) is 0 Å². The van der Waals surface area contributed by atoms with Crippen LogP contribution < -0.4 is 15.8 Å². The summed E-state index contributed by atoms with van der Waals surface area (Å²) in [5.74, 6) is 0.336. The Morgan fingerprint density at radius 3 is 2.54 bits per heavy atom. The number of carbonyl (C=O) groups is 1. The van der Waals surface area contributed by atoms with Gasteiger partial charge in [0, 0.05) is 25.6 Å². The first-order chi connectivity index (χ1) is 10.8. The second-order valence-corrected chi connectivity index (χ2v) is 7.97. The molecule has 24 heavy (non-hydrogen) atoms. The molecule has 4 N–H and O–H groups in total. The van der Waals surface area contributed by atoms with Crippen molar-refractivity contribution >= 4 is 28.3 Å². The first-order valence-corrected chi connectivity index (χ1v) is 9.37. The number of amides is 1. The van der Waals surface area contributed by atoms with Crippen LogP contribution in [0.5, 0.6) is 0 Å². The Hall–Kier alpha value is -1.15. The zero-order valence-electron chi connectivity index (χ0n) is 14.0. The Bertz CT molecular complexity index is 675. The number of nitrogens with two attached hydrogens (primary N) is 1. The van der Waals surface area contributed by atoms with Gasteiger partial charge in [0.2, 0.25) is 15.9 Å². The molecule has 1 amide bonds. The summed E-state index contributed by atoms with van der Waals surface area (Å²) in [5.41, 5.74) is 7.86. The van der Waals surface area contributed by atoms with E-state index >= 15 is 0 Å². The predicted octanol–water partition coefficient (Wildman–Crippen LogP) is 1.25. The van der Waals surface area contributed by atoms with Crippen molar-refractivity contribution in [2.75, 3.05) is 13.1 Å². The standard InChI is InChI=1S/C16H25N3O3S.ClH/c1-11-3-6-14(9-12(11)2)23(21,22)19-8-7-16(20)18-10-15(17)13-4-5-13;/h3,6,9,13,15,19H,4-5,7-8,10,17H2,1-2H3,(H,18,20);1H. The van der Waals surface area contributed by atoms with Crippen LogP contribution in [-0.2, 0) is 14.8 Å². The van der Waals surface area contributed by atoms with E-state index in [2.05, 4.69) is 10.0 Å². The van der Waals surface area contributed by atoms with Crippen molar-refractivity contribution in [3.8, 4) is 0 Å². The Labute approximate surface area is 150 Å². The fourth-order valence-corrected chi connectivity index (χ4v) is 3.39. The molecule has 6 nitrogen and oxygen atoms in total. The van der Waals surface area contributed by atoms with E-state index in [1.807, 2.05) is 13.8 Å². The van der Waals surface area contributed by atoms with Crippen molar-refractivity contribution in [2.45, 2.75) is 44.0 Å². The molecule has 1 saturated carbocycles. The van der Waals surface area contributed by atoms with E-state index in [4.69, 9.17) is 5.73 Å². The molecule has 0 heterocycles. The highest BCUT2D eigenvalue weighted by Gasteiger charge is 2.28.